The lowest BCUT2D eigenvalue weighted by Gasteiger charge is -2.28. The Morgan fingerprint density at radius 2 is 1.90 bits per heavy atom. The number of carboxylic acids is 1. The molecule has 0 radical (unpaired) electrons. The highest BCUT2D eigenvalue weighted by molar-refractivity contribution is 7.91. The number of carboxylic acid groups (broad SMARTS) is 1. The molecule has 1 aliphatic heterocycles. The number of hydrogen-bond donors (Lipinski definition) is 2. The summed E-state index contributed by atoms with van der Waals surface area (Å²) in [5, 5.41) is 18.8. The summed E-state index contributed by atoms with van der Waals surface area (Å²) in [5.41, 5.74) is 0.880. The molecule has 1 fully saturated rings. The number of rotatable bonds is 5. The molecule has 0 bridgehead atoms. The fraction of sp³-hybridized carbons (Fsp3) is 0.462. The summed E-state index contributed by atoms with van der Waals surface area (Å²) < 4.78 is 23.1. The molecule has 0 aromatic heterocycles. The number of aliphatic hydroxyl groups excluding tert-OH is 1. The molecule has 7 heteroatoms. The molecule has 0 spiro atoms. The first-order valence-corrected chi connectivity index (χ1v) is 8.08. The van der Waals surface area contributed by atoms with Crippen molar-refractivity contribution in [3.05, 3.63) is 35.9 Å². The third-order valence-corrected chi connectivity index (χ3v) is 5.03. The van der Waals surface area contributed by atoms with Gasteiger partial charge >= 0.3 is 5.97 Å². The molecule has 0 amide bonds. The fourth-order valence-electron chi connectivity index (χ4n) is 2.44. The van der Waals surface area contributed by atoms with E-state index in [1.807, 2.05) is 30.3 Å². The molecule has 0 unspecified atom stereocenters. The van der Waals surface area contributed by atoms with Crippen molar-refractivity contribution < 1.29 is 23.4 Å². The van der Waals surface area contributed by atoms with Crippen molar-refractivity contribution in [3.63, 3.8) is 0 Å². The molecule has 2 N–H and O–H groups in total. The van der Waals surface area contributed by atoms with Gasteiger partial charge in [0.05, 0.1) is 30.2 Å². The van der Waals surface area contributed by atoms with E-state index in [4.69, 9.17) is 5.11 Å². The van der Waals surface area contributed by atoms with Crippen LogP contribution in [0.4, 0.5) is 0 Å². The molecule has 1 aliphatic rings. The molecule has 2 rings (SSSR count). The van der Waals surface area contributed by atoms with Gasteiger partial charge in [-0.25, -0.2) is 8.42 Å². The minimum absolute atomic E-state index is 0.200. The SMILES string of the molecule is O=C(O)CN(Cc1ccccc1)[C@@H]1CS(=O)(=O)C[C@@H]1O. The summed E-state index contributed by atoms with van der Waals surface area (Å²) >= 11 is 0. The number of benzene rings is 1. The molecular formula is C13H17NO5S. The van der Waals surface area contributed by atoms with Crippen LogP contribution in [0.25, 0.3) is 0 Å². The molecule has 0 aliphatic carbocycles. The van der Waals surface area contributed by atoms with Gasteiger partial charge in [0.1, 0.15) is 0 Å². The summed E-state index contributed by atoms with van der Waals surface area (Å²) in [6.45, 7) is -0.00344. The van der Waals surface area contributed by atoms with Gasteiger partial charge in [-0.15, -0.1) is 0 Å². The van der Waals surface area contributed by atoms with Crippen molar-refractivity contribution in [3.8, 4) is 0 Å². The average Bonchev–Trinajstić information content (AvgIpc) is 2.63. The Morgan fingerprint density at radius 3 is 2.40 bits per heavy atom. The number of aliphatic carboxylic acids is 1. The van der Waals surface area contributed by atoms with Gasteiger partial charge in [-0.1, -0.05) is 30.3 Å². The lowest BCUT2D eigenvalue weighted by atomic mass is 10.1. The van der Waals surface area contributed by atoms with Gasteiger partial charge in [-0.3, -0.25) is 9.69 Å². The Balaban J connectivity index is 2.18. The maximum Gasteiger partial charge on any atom is 0.317 e. The molecule has 1 aromatic rings. The van der Waals surface area contributed by atoms with E-state index in [-0.39, 0.29) is 18.1 Å². The second kappa shape index (κ2) is 5.90. The van der Waals surface area contributed by atoms with Crippen molar-refractivity contribution in [2.24, 2.45) is 0 Å². The molecule has 2 atom stereocenters. The van der Waals surface area contributed by atoms with Crippen LogP contribution in [-0.2, 0) is 21.2 Å². The third kappa shape index (κ3) is 3.78. The van der Waals surface area contributed by atoms with Crippen LogP contribution in [-0.4, -0.2) is 59.7 Å². The van der Waals surface area contributed by atoms with Crippen LogP contribution >= 0.6 is 0 Å². The van der Waals surface area contributed by atoms with E-state index >= 15 is 0 Å². The molecule has 1 saturated heterocycles. The Hall–Kier alpha value is -1.44. The Kier molecular flexibility index (Phi) is 4.42. The molecule has 0 saturated carbocycles. The van der Waals surface area contributed by atoms with Crippen LogP contribution in [0.5, 0.6) is 0 Å². The third-order valence-electron chi connectivity index (χ3n) is 3.33. The minimum Gasteiger partial charge on any atom is -0.480 e. The fourth-order valence-corrected chi connectivity index (χ4v) is 4.27. The highest BCUT2D eigenvalue weighted by Crippen LogP contribution is 2.20. The van der Waals surface area contributed by atoms with Gasteiger partial charge in [0.15, 0.2) is 9.84 Å². The number of carbonyl (C=O) groups is 1. The summed E-state index contributed by atoms with van der Waals surface area (Å²) in [6.07, 6.45) is -1.04. The monoisotopic (exact) mass is 299 g/mol. The molecule has 1 heterocycles. The van der Waals surface area contributed by atoms with E-state index in [0.717, 1.165) is 5.56 Å². The Bertz CT molecular complexity index is 572. The second-order valence-electron chi connectivity index (χ2n) is 5.00. The van der Waals surface area contributed by atoms with Crippen LogP contribution < -0.4 is 0 Å². The van der Waals surface area contributed by atoms with Crippen LogP contribution in [0.3, 0.4) is 0 Å². The summed E-state index contributed by atoms with van der Waals surface area (Å²) in [6, 6.07) is 8.51. The van der Waals surface area contributed by atoms with E-state index in [1.54, 1.807) is 0 Å². The van der Waals surface area contributed by atoms with Crippen LogP contribution in [0.2, 0.25) is 0 Å². The maximum atomic E-state index is 11.6. The van der Waals surface area contributed by atoms with Gasteiger partial charge in [-0.2, -0.15) is 0 Å². The van der Waals surface area contributed by atoms with Crippen molar-refractivity contribution in [2.45, 2.75) is 18.7 Å². The van der Waals surface area contributed by atoms with Gasteiger partial charge in [0.25, 0.3) is 0 Å². The van der Waals surface area contributed by atoms with E-state index < -0.39 is 28.0 Å². The Labute approximate surface area is 117 Å². The van der Waals surface area contributed by atoms with Crippen LogP contribution in [0.15, 0.2) is 30.3 Å². The van der Waals surface area contributed by atoms with Gasteiger partial charge in [0.2, 0.25) is 0 Å². The standard InChI is InChI=1S/C13H17NO5S/c15-12-9-20(18,19)8-11(12)14(7-13(16)17)6-10-4-2-1-3-5-10/h1-5,11-12,15H,6-9H2,(H,16,17)/t11-,12+/m1/s1. The first kappa shape index (κ1) is 15.0. The van der Waals surface area contributed by atoms with Crippen LogP contribution in [0.1, 0.15) is 5.56 Å². The molecule has 20 heavy (non-hydrogen) atoms. The second-order valence-corrected chi connectivity index (χ2v) is 7.15. The van der Waals surface area contributed by atoms with E-state index in [0.29, 0.717) is 6.54 Å². The molecule has 6 nitrogen and oxygen atoms in total. The number of sulfone groups is 1. The highest BCUT2D eigenvalue weighted by Gasteiger charge is 2.40. The Morgan fingerprint density at radius 1 is 1.25 bits per heavy atom. The smallest absolute Gasteiger partial charge is 0.317 e. The van der Waals surface area contributed by atoms with Gasteiger partial charge < -0.3 is 10.2 Å². The van der Waals surface area contributed by atoms with E-state index in [1.165, 1.54) is 4.90 Å². The molecule has 1 aromatic carbocycles. The molecular weight excluding hydrogens is 282 g/mol. The lowest BCUT2D eigenvalue weighted by molar-refractivity contribution is -0.139. The zero-order chi connectivity index (χ0) is 14.8. The number of hydrogen-bond acceptors (Lipinski definition) is 5. The first-order chi connectivity index (χ1) is 9.37. The van der Waals surface area contributed by atoms with Crippen molar-refractivity contribution in [1.82, 2.24) is 4.90 Å². The predicted molar refractivity (Wildman–Crippen MR) is 72.9 cm³/mol. The van der Waals surface area contributed by atoms with Crippen LogP contribution in [0, 0.1) is 0 Å². The van der Waals surface area contributed by atoms with Crippen molar-refractivity contribution in [1.29, 1.82) is 0 Å². The lowest BCUT2D eigenvalue weighted by Crippen LogP contribution is -2.45. The first-order valence-electron chi connectivity index (χ1n) is 6.25. The molecule has 110 valence electrons. The number of aliphatic hydroxyl groups is 1. The quantitative estimate of drug-likeness (QED) is 0.777. The van der Waals surface area contributed by atoms with E-state index in [9.17, 15) is 18.3 Å². The van der Waals surface area contributed by atoms with Crippen molar-refractivity contribution >= 4 is 15.8 Å². The van der Waals surface area contributed by atoms with E-state index in [2.05, 4.69) is 0 Å². The summed E-state index contributed by atoms with van der Waals surface area (Å²) in [7, 11) is -3.30. The largest absolute Gasteiger partial charge is 0.480 e. The highest BCUT2D eigenvalue weighted by atomic mass is 32.2. The van der Waals surface area contributed by atoms with Crippen molar-refractivity contribution in [2.75, 3.05) is 18.1 Å². The normalized spacial score (nSPS) is 24.9. The maximum absolute atomic E-state index is 11.6. The predicted octanol–water partition coefficient (Wildman–Crippen LogP) is -0.269. The number of nitrogens with zero attached hydrogens (tertiary/aromatic N) is 1. The van der Waals surface area contributed by atoms with Gasteiger partial charge in [-0.05, 0) is 5.56 Å². The zero-order valence-electron chi connectivity index (χ0n) is 10.8. The average molecular weight is 299 g/mol. The van der Waals surface area contributed by atoms with Gasteiger partial charge in [0, 0.05) is 6.54 Å². The zero-order valence-corrected chi connectivity index (χ0v) is 11.7. The minimum atomic E-state index is -3.30. The summed E-state index contributed by atoms with van der Waals surface area (Å²) in [4.78, 5) is 12.5. The topological polar surface area (TPSA) is 94.9 Å². The summed E-state index contributed by atoms with van der Waals surface area (Å²) in [5.74, 6) is -1.55.